The van der Waals surface area contributed by atoms with Gasteiger partial charge < -0.3 is 11.1 Å². The molecule has 94 valence electrons. The third kappa shape index (κ3) is 2.10. The van der Waals surface area contributed by atoms with E-state index in [0.717, 1.165) is 27.8 Å². The van der Waals surface area contributed by atoms with E-state index in [1.54, 1.807) is 12.4 Å². The van der Waals surface area contributed by atoms with Crippen LogP contribution in [0.1, 0.15) is 5.56 Å². The summed E-state index contributed by atoms with van der Waals surface area (Å²) in [4.78, 5) is 4.13. The van der Waals surface area contributed by atoms with Gasteiger partial charge in [0.05, 0.1) is 0 Å². The first kappa shape index (κ1) is 11.5. The van der Waals surface area contributed by atoms with E-state index in [2.05, 4.69) is 29.4 Å². The Morgan fingerprint density at radius 3 is 2.63 bits per heavy atom. The minimum Gasteiger partial charge on any atom is -0.398 e. The molecule has 3 aromatic rings. The summed E-state index contributed by atoms with van der Waals surface area (Å²) in [7, 11) is 0. The van der Waals surface area contributed by atoms with Gasteiger partial charge in [0.1, 0.15) is 0 Å². The molecule has 0 spiro atoms. The number of para-hydroxylation sites is 1. The quantitative estimate of drug-likeness (QED) is 0.678. The first-order chi connectivity index (χ1) is 9.25. The summed E-state index contributed by atoms with van der Waals surface area (Å²) >= 11 is 0. The van der Waals surface area contributed by atoms with E-state index in [1.807, 2.05) is 30.3 Å². The molecular weight excluding hydrogens is 234 g/mol. The van der Waals surface area contributed by atoms with Gasteiger partial charge in [-0.15, -0.1) is 0 Å². The van der Waals surface area contributed by atoms with Crippen LogP contribution in [0.3, 0.4) is 0 Å². The molecule has 0 bridgehead atoms. The SMILES string of the molecule is Cc1ccccc1Nc1ccc(N)c2cnccc12. The number of nitrogen functional groups attached to an aromatic ring is 1. The zero-order chi connectivity index (χ0) is 13.2. The average molecular weight is 249 g/mol. The van der Waals surface area contributed by atoms with Crippen molar-refractivity contribution in [1.29, 1.82) is 0 Å². The van der Waals surface area contributed by atoms with Crippen LogP contribution in [0.5, 0.6) is 0 Å². The first-order valence-electron chi connectivity index (χ1n) is 6.20. The Kier molecular flexibility index (Phi) is 2.80. The van der Waals surface area contributed by atoms with Crippen molar-refractivity contribution in [3.8, 4) is 0 Å². The summed E-state index contributed by atoms with van der Waals surface area (Å²) in [5.41, 5.74) is 10.1. The van der Waals surface area contributed by atoms with E-state index in [0.29, 0.717) is 0 Å². The topological polar surface area (TPSA) is 50.9 Å². The van der Waals surface area contributed by atoms with Crippen LogP contribution in [-0.4, -0.2) is 4.98 Å². The molecule has 1 heterocycles. The number of benzene rings is 2. The van der Waals surface area contributed by atoms with Crippen molar-refractivity contribution in [1.82, 2.24) is 4.98 Å². The lowest BCUT2D eigenvalue weighted by Gasteiger charge is -2.12. The Hall–Kier alpha value is -2.55. The average Bonchev–Trinajstić information content (AvgIpc) is 2.44. The molecule has 0 fully saturated rings. The van der Waals surface area contributed by atoms with Crippen LogP contribution in [0.4, 0.5) is 17.1 Å². The maximum Gasteiger partial charge on any atom is 0.0466 e. The molecule has 0 radical (unpaired) electrons. The molecule has 0 saturated carbocycles. The van der Waals surface area contributed by atoms with E-state index in [-0.39, 0.29) is 0 Å². The van der Waals surface area contributed by atoms with Gasteiger partial charge in [0.25, 0.3) is 0 Å². The molecule has 3 N–H and O–H groups in total. The zero-order valence-electron chi connectivity index (χ0n) is 10.7. The third-order valence-corrected chi connectivity index (χ3v) is 3.27. The van der Waals surface area contributed by atoms with Crippen molar-refractivity contribution in [2.24, 2.45) is 0 Å². The zero-order valence-corrected chi connectivity index (χ0v) is 10.7. The Balaban J connectivity index is 2.12. The monoisotopic (exact) mass is 249 g/mol. The first-order valence-corrected chi connectivity index (χ1v) is 6.20. The second kappa shape index (κ2) is 4.61. The van der Waals surface area contributed by atoms with E-state index in [1.165, 1.54) is 5.56 Å². The van der Waals surface area contributed by atoms with Crippen molar-refractivity contribution in [3.05, 3.63) is 60.4 Å². The van der Waals surface area contributed by atoms with E-state index < -0.39 is 0 Å². The molecule has 0 saturated heterocycles. The summed E-state index contributed by atoms with van der Waals surface area (Å²) in [6.07, 6.45) is 3.58. The molecule has 0 unspecified atom stereocenters. The fourth-order valence-electron chi connectivity index (χ4n) is 2.18. The van der Waals surface area contributed by atoms with Crippen LogP contribution in [0, 0.1) is 6.92 Å². The van der Waals surface area contributed by atoms with Crippen molar-refractivity contribution in [2.45, 2.75) is 6.92 Å². The van der Waals surface area contributed by atoms with Crippen LogP contribution in [0.15, 0.2) is 54.9 Å². The minimum absolute atomic E-state index is 0.749. The predicted octanol–water partition coefficient (Wildman–Crippen LogP) is 3.87. The van der Waals surface area contributed by atoms with Gasteiger partial charge in [0.2, 0.25) is 0 Å². The normalized spacial score (nSPS) is 10.6. The van der Waals surface area contributed by atoms with E-state index in [9.17, 15) is 0 Å². The highest BCUT2D eigenvalue weighted by Gasteiger charge is 2.05. The molecule has 2 aromatic carbocycles. The fourth-order valence-corrected chi connectivity index (χ4v) is 2.18. The number of anilines is 3. The summed E-state index contributed by atoms with van der Waals surface area (Å²) in [6.45, 7) is 2.09. The Morgan fingerprint density at radius 1 is 0.947 bits per heavy atom. The molecule has 0 aliphatic rings. The van der Waals surface area contributed by atoms with Crippen LogP contribution in [-0.2, 0) is 0 Å². The molecule has 3 heteroatoms. The maximum absolute atomic E-state index is 5.98. The lowest BCUT2D eigenvalue weighted by molar-refractivity contribution is 1.36. The van der Waals surface area contributed by atoms with Gasteiger partial charge >= 0.3 is 0 Å². The molecule has 0 aliphatic heterocycles. The third-order valence-electron chi connectivity index (χ3n) is 3.27. The van der Waals surface area contributed by atoms with Crippen molar-refractivity contribution in [2.75, 3.05) is 11.1 Å². The smallest absolute Gasteiger partial charge is 0.0466 e. The van der Waals surface area contributed by atoms with Crippen molar-refractivity contribution in [3.63, 3.8) is 0 Å². The van der Waals surface area contributed by atoms with Gasteiger partial charge in [-0.2, -0.15) is 0 Å². The van der Waals surface area contributed by atoms with Crippen LogP contribution < -0.4 is 11.1 Å². The number of rotatable bonds is 2. The predicted molar refractivity (Wildman–Crippen MR) is 80.6 cm³/mol. The minimum atomic E-state index is 0.749. The number of aromatic nitrogens is 1. The highest BCUT2D eigenvalue weighted by atomic mass is 14.9. The molecule has 0 aliphatic carbocycles. The maximum atomic E-state index is 5.98. The van der Waals surface area contributed by atoms with Crippen LogP contribution >= 0.6 is 0 Å². The number of nitrogens with one attached hydrogen (secondary N) is 1. The fraction of sp³-hybridized carbons (Fsp3) is 0.0625. The van der Waals surface area contributed by atoms with Crippen molar-refractivity contribution >= 4 is 27.8 Å². The summed E-state index contributed by atoms with van der Waals surface area (Å²) in [6, 6.07) is 14.1. The summed E-state index contributed by atoms with van der Waals surface area (Å²) in [5, 5.41) is 5.51. The van der Waals surface area contributed by atoms with Gasteiger partial charge in [-0.1, -0.05) is 18.2 Å². The number of nitrogens with zero attached hydrogens (tertiary/aromatic N) is 1. The largest absolute Gasteiger partial charge is 0.398 e. The van der Waals surface area contributed by atoms with E-state index in [4.69, 9.17) is 5.73 Å². The number of nitrogens with two attached hydrogens (primary N) is 1. The lowest BCUT2D eigenvalue weighted by Crippen LogP contribution is -1.96. The van der Waals surface area contributed by atoms with Gasteiger partial charge in [0, 0.05) is 40.2 Å². The molecule has 19 heavy (non-hydrogen) atoms. The Bertz CT molecular complexity index is 735. The number of aryl methyl sites for hydroxylation is 1. The molecule has 0 atom stereocenters. The number of pyridine rings is 1. The molecule has 3 nitrogen and oxygen atoms in total. The van der Waals surface area contributed by atoms with Crippen LogP contribution in [0.25, 0.3) is 10.8 Å². The Labute approximate surface area is 112 Å². The number of fused-ring (bicyclic) bond motifs is 1. The Morgan fingerprint density at radius 2 is 1.79 bits per heavy atom. The lowest BCUT2D eigenvalue weighted by atomic mass is 10.1. The van der Waals surface area contributed by atoms with Crippen LogP contribution in [0.2, 0.25) is 0 Å². The highest BCUT2D eigenvalue weighted by Crippen LogP contribution is 2.30. The molecule has 0 amide bonds. The molecule has 3 rings (SSSR count). The molecular formula is C16H15N3. The highest BCUT2D eigenvalue weighted by molar-refractivity contribution is 6.01. The number of hydrogen-bond donors (Lipinski definition) is 2. The summed E-state index contributed by atoms with van der Waals surface area (Å²) in [5.74, 6) is 0. The number of hydrogen-bond acceptors (Lipinski definition) is 3. The standard InChI is InChI=1S/C16H15N3/c1-11-4-2-3-5-15(11)19-16-7-6-14(17)13-10-18-9-8-12(13)16/h2-10,19H,17H2,1H3. The van der Waals surface area contributed by atoms with Gasteiger partial charge in [-0.3, -0.25) is 4.98 Å². The molecule has 1 aromatic heterocycles. The van der Waals surface area contributed by atoms with Gasteiger partial charge in [0.15, 0.2) is 0 Å². The second-order valence-corrected chi connectivity index (χ2v) is 4.56. The van der Waals surface area contributed by atoms with Gasteiger partial charge in [-0.05, 0) is 36.8 Å². The van der Waals surface area contributed by atoms with E-state index >= 15 is 0 Å². The van der Waals surface area contributed by atoms with Gasteiger partial charge in [-0.25, -0.2) is 0 Å². The van der Waals surface area contributed by atoms with Crippen molar-refractivity contribution < 1.29 is 0 Å². The second-order valence-electron chi connectivity index (χ2n) is 4.56. The summed E-state index contributed by atoms with van der Waals surface area (Å²) < 4.78 is 0.